The fraction of sp³-hybridized carbons (Fsp3) is 0.257. The van der Waals surface area contributed by atoms with Crippen LogP contribution in [0.4, 0.5) is 5.82 Å². The van der Waals surface area contributed by atoms with Crippen LogP contribution in [0.2, 0.25) is 0 Å². The first-order valence-corrected chi connectivity index (χ1v) is 15.6. The first-order valence-electron chi connectivity index (χ1n) is 15.6. The van der Waals surface area contributed by atoms with Crippen LogP contribution in [-0.2, 0) is 13.5 Å². The summed E-state index contributed by atoms with van der Waals surface area (Å²) in [5.74, 6) is 6.44. The highest BCUT2D eigenvalue weighted by atomic mass is 16.2. The summed E-state index contributed by atoms with van der Waals surface area (Å²) in [4.78, 5) is 39.5. The topological polar surface area (TPSA) is 141 Å². The largest absolute Gasteiger partial charge is 0.381 e. The zero-order valence-corrected chi connectivity index (χ0v) is 26.8. The number of carbonyl (C=O) groups excluding carboxylic acids is 1. The normalized spacial score (nSPS) is 11.9. The van der Waals surface area contributed by atoms with E-state index in [1.54, 1.807) is 37.6 Å². The van der Waals surface area contributed by atoms with Crippen molar-refractivity contribution < 1.29 is 4.79 Å². The molecule has 47 heavy (non-hydrogen) atoms. The van der Waals surface area contributed by atoms with Gasteiger partial charge in [-0.3, -0.25) is 18.8 Å². The van der Waals surface area contributed by atoms with E-state index < -0.39 is 11.9 Å². The number of amides is 1. The lowest BCUT2D eigenvalue weighted by Gasteiger charge is -2.20. The molecule has 0 saturated heterocycles. The maximum absolute atomic E-state index is 14.4. The summed E-state index contributed by atoms with van der Waals surface area (Å²) < 4.78 is 4.83. The number of rotatable bonds is 9. The van der Waals surface area contributed by atoms with Crippen LogP contribution >= 0.6 is 0 Å². The van der Waals surface area contributed by atoms with Gasteiger partial charge >= 0.3 is 0 Å². The Morgan fingerprint density at radius 3 is 2.57 bits per heavy atom. The highest BCUT2D eigenvalue weighted by molar-refractivity contribution is 6.04. The van der Waals surface area contributed by atoms with E-state index in [2.05, 4.69) is 51.1 Å². The number of benzene rings is 2. The standard InChI is InChI=1S/C35H36N10O2/c1-5-43(6-2)21-18-28-25(22-38-42(28)4)17-16-24-12-10-15-27-29(24)35(47)45(26-13-8-7-9-14-26)32(40-27)23(3)39-34(46)30-31(36)41-44-20-11-19-37-33(30)44/h7-15,19-20,22-23H,5-6,18,21H2,1-4H3,(H2,36,41)(H,39,46)/t23-/m0/s1. The molecular weight excluding hydrogens is 592 g/mol. The van der Waals surface area contributed by atoms with E-state index in [1.165, 1.54) is 9.08 Å². The van der Waals surface area contributed by atoms with Crippen LogP contribution in [0.3, 0.4) is 0 Å². The molecule has 0 unspecified atom stereocenters. The van der Waals surface area contributed by atoms with Crippen LogP contribution in [0.25, 0.3) is 22.2 Å². The Balaban J connectivity index is 1.42. The maximum atomic E-state index is 14.4. The fourth-order valence-corrected chi connectivity index (χ4v) is 5.73. The summed E-state index contributed by atoms with van der Waals surface area (Å²) in [6.45, 7) is 8.93. The van der Waals surface area contributed by atoms with E-state index in [0.29, 0.717) is 33.6 Å². The second kappa shape index (κ2) is 13.3. The number of nitrogens with zero attached hydrogens (tertiary/aromatic N) is 8. The Hall–Kier alpha value is -5.80. The second-order valence-electron chi connectivity index (χ2n) is 11.1. The smallest absolute Gasteiger partial charge is 0.267 e. The van der Waals surface area contributed by atoms with Crippen molar-refractivity contribution in [3.63, 3.8) is 0 Å². The molecule has 3 N–H and O–H groups in total. The Morgan fingerprint density at radius 2 is 1.81 bits per heavy atom. The van der Waals surface area contributed by atoms with Crippen molar-refractivity contribution >= 4 is 28.3 Å². The quantitative estimate of drug-likeness (QED) is 0.232. The number of fused-ring (bicyclic) bond motifs is 2. The van der Waals surface area contributed by atoms with E-state index in [1.807, 2.05) is 54.2 Å². The lowest BCUT2D eigenvalue weighted by atomic mass is 10.1. The summed E-state index contributed by atoms with van der Waals surface area (Å²) >= 11 is 0. The third-order valence-corrected chi connectivity index (χ3v) is 8.27. The number of likely N-dealkylation sites (N-methyl/N-ethyl adjacent to an activating group) is 1. The molecule has 12 heteroatoms. The maximum Gasteiger partial charge on any atom is 0.267 e. The summed E-state index contributed by atoms with van der Waals surface area (Å²) in [6.07, 6.45) is 5.81. The SMILES string of the molecule is CCN(CC)CCc1c(C#Cc2cccc3nc([C@H](C)NC(=O)c4c(N)nn5cccnc45)n(-c4ccccc4)c(=O)c23)cnn1C. The minimum atomic E-state index is -0.698. The number of aryl methyl sites for hydroxylation is 1. The molecule has 6 aromatic rings. The highest BCUT2D eigenvalue weighted by Crippen LogP contribution is 2.22. The summed E-state index contributed by atoms with van der Waals surface area (Å²) in [6, 6.07) is 15.6. The Bertz CT molecular complexity index is 2200. The van der Waals surface area contributed by atoms with Gasteiger partial charge in [0.05, 0.1) is 40.1 Å². The molecule has 0 fully saturated rings. The molecule has 0 aliphatic rings. The van der Waals surface area contributed by atoms with Crippen LogP contribution in [-0.4, -0.2) is 64.4 Å². The zero-order valence-electron chi connectivity index (χ0n) is 26.8. The summed E-state index contributed by atoms with van der Waals surface area (Å²) in [7, 11) is 1.92. The van der Waals surface area contributed by atoms with E-state index in [-0.39, 0.29) is 16.9 Å². The molecule has 0 bridgehead atoms. The van der Waals surface area contributed by atoms with Gasteiger partial charge in [0.1, 0.15) is 11.4 Å². The molecule has 1 atom stereocenters. The Morgan fingerprint density at radius 1 is 1.04 bits per heavy atom. The van der Waals surface area contributed by atoms with Crippen molar-refractivity contribution in [2.45, 2.75) is 33.2 Å². The predicted molar refractivity (Wildman–Crippen MR) is 181 cm³/mol. The lowest BCUT2D eigenvalue weighted by Crippen LogP contribution is -2.33. The molecule has 2 aromatic carbocycles. The highest BCUT2D eigenvalue weighted by Gasteiger charge is 2.25. The van der Waals surface area contributed by atoms with E-state index in [0.717, 1.165) is 37.3 Å². The molecule has 0 aliphatic heterocycles. The zero-order chi connectivity index (χ0) is 33.1. The van der Waals surface area contributed by atoms with Gasteiger partial charge in [0, 0.05) is 38.0 Å². The molecule has 4 aromatic heterocycles. The van der Waals surface area contributed by atoms with Crippen LogP contribution in [0.1, 0.15) is 59.8 Å². The first-order chi connectivity index (χ1) is 22.8. The third-order valence-electron chi connectivity index (χ3n) is 8.27. The van der Waals surface area contributed by atoms with E-state index in [4.69, 9.17) is 10.7 Å². The molecule has 12 nitrogen and oxygen atoms in total. The molecule has 238 valence electrons. The molecule has 1 amide bonds. The molecular formula is C35H36N10O2. The van der Waals surface area contributed by atoms with Crippen LogP contribution < -0.4 is 16.6 Å². The van der Waals surface area contributed by atoms with Crippen molar-refractivity contribution in [2.75, 3.05) is 25.4 Å². The Labute approximate surface area is 271 Å². The molecule has 0 spiro atoms. The van der Waals surface area contributed by atoms with Crippen molar-refractivity contribution in [3.8, 4) is 17.5 Å². The fourth-order valence-electron chi connectivity index (χ4n) is 5.73. The van der Waals surface area contributed by atoms with Gasteiger partial charge < -0.3 is 16.0 Å². The number of hydrogen-bond donors (Lipinski definition) is 2. The van der Waals surface area contributed by atoms with Crippen molar-refractivity contribution in [3.05, 3.63) is 112 Å². The minimum absolute atomic E-state index is 0.0494. The molecule has 6 rings (SSSR count). The number of para-hydroxylation sites is 1. The molecule has 0 radical (unpaired) electrons. The lowest BCUT2D eigenvalue weighted by molar-refractivity contribution is 0.0940. The number of aromatic nitrogens is 7. The van der Waals surface area contributed by atoms with E-state index in [9.17, 15) is 9.59 Å². The van der Waals surface area contributed by atoms with Crippen molar-refractivity contribution in [2.24, 2.45) is 7.05 Å². The van der Waals surface area contributed by atoms with Gasteiger partial charge in [-0.1, -0.05) is 50.0 Å². The number of nitrogens with one attached hydrogen (secondary N) is 1. The van der Waals surface area contributed by atoms with Gasteiger partial charge in [0.25, 0.3) is 11.5 Å². The van der Waals surface area contributed by atoms with Crippen LogP contribution in [0, 0.1) is 11.8 Å². The minimum Gasteiger partial charge on any atom is -0.381 e. The molecule has 0 saturated carbocycles. The number of carbonyl (C=O) groups is 1. The average molecular weight is 629 g/mol. The van der Waals surface area contributed by atoms with Gasteiger partial charge in [0.15, 0.2) is 11.5 Å². The van der Waals surface area contributed by atoms with Gasteiger partial charge in [0.2, 0.25) is 0 Å². The molecule has 4 heterocycles. The van der Waals surface area contributed by atoms with Gasteiger partial charge in [-0.25, -0.2) is 14.5 Å². The number of nitrogen functional groups attached to an aromatic ring is 1. The second-order valence-corrected chi connectivity index (χ2v) is 11.1. The Kier molecular flexibility index (Phi) is 8.81. The average Bonchev–Trinajstić information content (AvgIpc) is 3.61. The number of nitrogens with two attached hydrogens (primary N) is 1. The number of anilines is 1. The monoisotopic (exact) mass is 628 g/mol. The van der Waals surface area contributed by atoms with Gasteiger partial charge in [-0.05, 0) is 50.3 Å². The predicted octanol–water partition coefficient (Wildman–Crippen LogP) is 3.52. The van der Waals surface area contributed by atoms with Crippen LogP contribution in [0.5, 0.6) is 0 Å². The van der Waals surface area contributed by atoms with Crippen molar-refractivity contribution in [1.29, 1.82) is 0 Å². The summed E-state index contributed by atoms with van der Waals surface area (Å²) in [5.41, 5.74) is 9.77. The van der Waals surface area contributed by atoms with Gasteiger partial charge in [-0.2, -0.15) is 5.10 Å². The molecule has 0 aliphatic carbocycles. The van der Waals surface area contributed by atoms with Crippen molar-refractivity contribution in [1.82, 2.24) is 44.1 Å². The number of hydrogen-bond acceptors (Lipinski definition) is 8. The van der Waals surface area contributed by atoms with Gasteiger partial charge in [-0.15, -0.1) is 5.10 Å². The third kappa shape index (κ3) is 6.08. The summed E-state index contributed by atoms with van der Waals surface area (Å²) in [5, 5.41) is 12.0. The first kappa shape index (κ1) is 31.2. The van der Waals surface area contributed by atoms with Crippen LogP contribution in [0.15, 0.2) is 78.0 Å². The van der Waals surface area contributed by atoms with E-state index >= 15 is 0 Å².